The summed E-state index contributed by atoms with van der Waals surface area (Å²) in [4.78, 5) is 21.0. The van der Waals surface area contributed by atoms with E-state index in [9.17, 15) is 4.79 Å². The van der Waals surface area contributed by atoms with E-state index in [1.807, 2.05) is 4.90 Å². The highest BCUT2D eigenvalue weighted by molar-refractivity contribution is 5.79. The summed E-state index contributed by atoms with van der Waals surface area (Å²) >= 11 is 0. The SMILES string of the molecule is CCN1CC(N(C)CCN2CCN(C)CC2)CC1=O. The fraction of sp³-hybridized carbons (Fsp3) is 0.929. The molecular formula is C14H28N4O. The molecule has 110 valence electrons. The van der Waals surface area contributed by atoms with Gasteiger partial charge in [0.05, 0.1) is 0 Å². The second kappa shape index (κ2) is 6.68. The number of carbonyl (C=O) groups is 1. The molecular weight excluding hydrogens is 240 g/mol. The minimum Gasteiger partial charge on any atom is -0.341 e. The maximum atomic E-state index is 11.7. The van der Waals surface area contributed by atoms with Gasteiger partial charge in [-0.15, -0.1) is 0 Å². The van der Waals surface area contributed by atoms with E-state index in [0.29, 0.717) is 18.4 Å². The Hall–Kier alpha value is -0.650. The van der Waals surface area contributed by atoms with Gasteiger partial charge in [-0.3, -0.25) is 14.6 Å². The van der Waals surface area contributed by atoms with Crippen LogP contribution in [0.4, 0.5) is 0 Å². The average molecular weight is 268 g/mol. The topological polar surface area (TPSA) is 30.0 Å². The minimum atomic E-state index is 0.318. The van der Waals surface area contributed by atoms with Crippen molar-refractivity contribution in [3.63, 3.8) is 0 Å². The Bertz CT molecular complexity index is 302. The highest BCUT2D eigenvalue weighted by Crippen LogP contribution is 2.15. The maximum Gasteiger partial charge on any atom is 0.224 e. The number of amides is 1. The van der Waals surface area contributed by atoms with Crippen LogP contribution >= 0.6 is 0 Å². The van der Waals surface area contributed by atoms with Gasteiger partial charge in [0.1, 0.15) is 0 Å². The van der Waals surface area contributed by atoms with Gasteiger partial charge in [0.2, 0.25) is 5.91 Å². The number of nitrogens with zero attached hydrogens (tertiary/aromatic N) is 4. The monoisotopic (exact) mass is 268 g/mol. The first-order valence-electron chi connectivity index (χ1n) is 7.49. The maximum absolute atomic E-state index is 11.7. The van der Waals surface area contributed by atoms with E-state index in [4.69, 9.17) is 0 Å². The van der Waals surface area contributed by atoms with E-state index in [-0.39, 0.29) is 0 Å². The van der Waals surface area contributed by atoms with Crippen LogP contribution in [0.2, 0.25) is 0 Å². The quantitative estimate of drug-likeness (QED) is 0.690. The first kappa shape index (κ1) is 14.8. The second-order valence-electron chi connectivity index (χ2n) is 5.92. The van der Waals surface area contributed by atoms with E-state index >= 15 is 0 Å². The normalized spacial score (nSPS) is 26.6. The lowest BCUT2D eigenvalue weighted by Crippen LogP contribution is -2.47. The molecule has 2 fully saturated rings. The largest absolute Gasteiger partial charge is 0.341 e. The summed E-state index contributed by atoms with van der Waals surface area (Å²) in [5.41, 5.74) is 0. The molecule has 19 heavy (non-hydrogen) atoms. The zero-order chi connectivity index (χ0) is 13.8. The Morgan fingerprint density at radius 1 is 1.26 bits per heavy atom. The first-order chi connectivity index (χ1) is 9.10. The van der Waals surface area contributed by atoms with Crippen molar-refractivity contribution < 1.29 is 4.79 Å². The van der Waals surface area contributed by atoms with E-state index in [1.54, 1.807) is 0 Å². The molecule has 0 aromatic heterocycles. The van der Waals surface area contributed by atoms with Gasteiger partial charge in [0, 0.05) is 64.8 Å². The van der Waals surface area contributed by atoms with Crippen molar-refractivity contribution in [2.45, 2.75) is 19.4 Å². The van der Waals surface area contributed by atoms with Crippen molar-refractivity contribution in [3.8, 4) is 0 Å². The van der Waals surface area contributed by atoms with Gasteiger partial charge >= 0.3 is 0 Å². The first-order valence-corrected chi connectivity index (χ1v) is 7.49. The summed E-state index contributed by atoms with van der Waals surface area (Å²) in [6, 6.07) is 0.417. The molecule has 2 saturated heterocycles. The Kier molecular flexibility index (Phi) is 5.19. The lowest BCUT2D eigenvalue weighted by Gasteiger charge is -2.34. The summed E-state index contributed by atoms with van der Waals surface area (Å²) < 4.78 is 0. The zero-order valence-electron chi connectivity index (χ0n) is 12.6. The van der Waals surface area contributed by atoms with Crippen LogP contribution in [0.15, 0.2) is 0 Å². The van der Waals surface area contributed by atoms with Crippen molar-refractivity contribution in [2.75, 3.05) is 66.5 Å². The molecule has 2 aliphatic rings. The van der Waals surface area contributed by atoms with Crippen LogP contribution in [0.1, 0.15) is 13.3 Å². The molecule has 5 nitrogen and oxygen atoms in total. The standard InChI is InChI=1S/C14H28N4O/c1-4-18-12-13(11-14(18)19)16(3)7-10-17-8-5-15(2)6-9-17/h13H,4-12H2,1-3H3. The van der Waals surface area contributed by atoms with Crippen molar-refractivity contribution in [1.82, 2.24) is 19.6 Å². The molecule has 0 saturated carbocycles. The van der Waals surface area contributed by atoms with E-state index in [1.165, 1.54) is 26.2 Å². The molecule has 2 aliphatic heterocycles. The van der Waals surface area contributed by atoms with E-state index < -0.39 is 0 Å². The summed E-state index contributed by atoms with van der Waals surface area (Å²) in [5, 5.41) is 0. The Labute approximate surface area is 117 Å². The lowest BCUT2D eigenvalue weighted by molar-refractivity contribution is -0.127. The van der Waals surface area contributed by atoms with E-state index in [0.717, 1.165) is 26.2 Å². The van der Waals surface area contributed by atoms with Crippen LogP contribution in [0.5, 0.6) is 0 Å². The van der Waals surface area contributed by atoms with Gasteiger partial charge in [-0.2, -0.15) is 0 Å². The third-order valence-electron chi connectivity index (χ3n) is 4.56. The molecule has 0 aromatic rings. The fourth-order valence-corrected chi connectivity index (χ4v) is 2.91. The highest BCUT2D eigenvalue weighted by Gasteiger charge is 2.30. The number of carbonyl (C=O) groups excluding carboxylic acids is 1. The predicted molar refractivity (Wildman–Crippen MR) is 77.2 cm³/mol. The molecule has 2 heterocycles. The smallest absolute Gasteiger partial charge is 0.224 e. The van der Waals surface area contributed by atoms with Gasteiger partial charge in [-0.25, -0.2) is 0 Å². The van der Waals surface area contributed by atoms with Gasteiger partial charge in [-0.1, -0.05) is 0 Å². The predicted octanol–water partition coefficient (Wildman–Crippen LogP) is -0.214. The third-order valence-corrected chi connectivity index (χ3v) is 4.56. The van der Waals surface area contributed by atoms with Gasteiger partial charge in [-0.05, 0) is 21.0 Å². The Balaban J connectivity index is 1.70. The van der Waals surface area contributed by atoms with Crippen molar-refractivity contribution >= 4 is 5.91 Å². The Morgan fingerprint density at radius 3 is 2.53 bits per heavy atom. The molecule has 1 atom stereocenters. The molecule has 1 amide bonds. The average Bonchev–Trinajstić information content (AvgIpc) is 2.79. The minimum absolute atomic E-state index is 0.318. The van der Waals surface area contributed by atoms with E-state index in [2.05, 4.69) is 35.7 Å². The van der Waals surface area contributed by atoms with Gasteiger partial charge < -0.3 is 9.80 Å². The van der Waals surface area contributed by atoms with Crippen LogP contribution in [-0.4, -0.2) is 98.0 Å². The molecule has 0 aliphatic carbocycles. The molecule has 0 spiro atoms. The second-order valence-corrected chi connectivity index (χ2v) is 5.92. The number of rotatable bonds is 5. The lowest BCUT2D eigenvalue weighted by atomic mass is 10.2. The zero-order valence-corrected chi connectivity index (χ0v) is 12.6. The summed E-state index contributed by atoms with van der Waals surface area (Å²) in [6.07, 6.45) is 0.701. The summed E-state index contributed by atoms with van der Waals surface area (Å²) in [7, 11) is 4.35. The van der Waals surface area contributed by atoms with Crippen molar-refractivity contribution in [1.29, 1.82) is 0 Å². The van der Waals surface area contributed by atoms with Crippen molar-refractivity contribution in [2.24, 2.45) is 0 Å². The summed E-state index contributed by atoms with van der Waals surface area (Å²) in [6.45, 7) is 10.7. The van der Waals surface area contributed by atoms with Crippen LogP contribution in [0.25, 0.3) is 0 Å². The van der Waals surface area contributed by atoms with Gasteiger partial charge in [0.15, 0.2) is 0 Å². The Morgan fingerprint density at radius 2 is 1.95 bits per heavy atom. The highest BCUT2D eigenvalue weighted by atomic mass is 16.2. The third kappa shape index (κ3) is 3.91. The van der Waals surface area contributed by atoms with Crippen LogP contribution in [0, 0.1) is 0 Å². The number of hydrogen-bond acceptors (Lipinski definition) is 4. The van der Waals surface area contributed by atoms with Crippen LogP contribution in [-0.2, 0) is 4.79 Å². The number of likely N-dealkylation sites (tertiary alicyclic amines) is 1. The molecule has 1 unspecified atom stereocenters. The van der Waals surface area contributed by atoms with Crippen LogP contribution in [0.3, 0.4) is 0 Å². The number of likely N-dealkylation sites (N-methyl/N-ethyl adjacent to an activating group) is 3. The molecule has 0 radical (unpaired) electrons. The fourth-order valence-electron chi connectivity index (χ4n) is 2.91. The summed E-state index contributed by atoms with van der Waals surface area (Å²) in [5.74, 6) is 0.318. The van der Waals surface area contributed by atoms with Crippen LogP contribution < -0.4 is 0 Å². The van der Waals surface area contributed by atoms with Crippen molar-refractivity contribution in [3.05, 3.63) is 0 Å². The molecule has 0 N–H and O–H groups in total. The number of hydrogen-bond donors (Lipinski definition) is 0. The van der Waals surface area contributed by atoms with Gasteiger partial charge in [0.25, 0.3) is 0 Å². The molecule has 2 rings (SSSR count). The number of piperazine rings is 1. The molecule has 0 bridgehead atoms. The molecule has 0 aromatic carbocycles. The molecule has 5 heteroatoms.